The van der Waals surface area contributed by atoms with E-state index < -0.39 is 0 Å². The third-order valence-electron chi connectivity index (χ3n) is 2.95. The second-order valence-electron chi connectivity index (χ2n) is 6.52. The van der Waals surface area contributed by atoms with Crippen LogP contribution in [-0.4, -0.2) is 22.3 Å². The smallest absolute Gasteiger partial charge is 0.274 e. The largest absolute Gasteiger partial charge is 0.380 e. The SMILES string of the molecule is CC(=O)Nc1cccc(NC(=O)c2cc(NC(C)(C)C)ccn2)c1. The predicted molar refractivity (Wildman–Crippen MR) is 96.3 cm³/mol. The molecule has 0 spiro atoms. The highest BCUT2D eigenvalue weighted by Crippen LogP contribution is 2.18. The van der Waals surface area contributed by atoms with E-state index >= 15 is 0 Å². The van der Waals surface area contributed by atoms with Crippen molar-refractivity contribution in [2.24, 2.45) is 0 Å². The fraction of sp³-hybridized carbons (Fsp3) is 0.278. The minimum absolute atomic E-state index is 0.109. The van der Waals surface area contributed by atoms with Crippen molar-refractivity contribution in [3.8, 4) is 0 Å². The lowest BCUT2D eigenvalue weighted by Crippen LogP contribution is -2.26. The van der Waals surface area contributed by atoms with Crippen molar-refractivity contribution in [2.45, 2.75) is 33.2 Å². The maximum atomic E-state index is 12.4. The number of pyridine rings is 1. The van der Waals surface area contributed by atoms with Crippen LogP contribution in [0, 0.1) is 0 Å². The molecular formula is C18H22N4O2. The number of carbonyl (C=O) groups is 2. The summed E-state index contributed by atoms with van der Waals surface area (Å²) in [4.78, 5) is 27.6. The Morgan fingerprint density at radius 3 is 2.25 bits per heavy atom. The van der Waals surface area contributed by atoms with Crippen LogP contribution in [0.4, 0.5) is 17.1 Å². The van der Waals surface area contributed by atoms with Gasteiger partial charge in [0.1, 0.15) is 5.69 Å². The van der Waals surface area contributed by atoms with Gasteiger partial charge >= 0.3 is 0 Å². The number of nitrogens with one attached hydrogen (secondary N) is 3. The van der Waals surface area contributed by atoms with E-state index in [1.54, 1.807) is 36.5 Å². The maximum absolute atomic E-state index is 12.4. The quantitative estimate of drug-likeness (QED) is 0.803. The van der Waals surface area contributed by atoms with Crippen molar-refractivity contribution in [1.82, 2.24) is 4.98 Å². The van der Waals surface area contributed by atoms with Crippen LogP contribution in [0.3, 0.4) is 0 Å². The third kappa shape index (κ3) is 5.39. The number of aromatic nitrogens is 1. The van der Waals surface area contributed by atoms with Gasteiger partial charge in [0.15, 0.2) is 0 Å². The average Bonchev–Trinajstić information content (AvgIpc) is 2.45. The first-order valence-electron chi connectivity index (χ1n) is 7.66. The van der Waals surface area contributed by atoms with Crippen LogP contribution < -0.4 is 16.0 Å². The standard InChI is InChI=1S/C18H22N4O2/c1-12(23)20-13-6-5-7-14(10-13)21-17(24)16-11-15(8-9-19-16)22-18(2,3)4/h5-11H,1-4H3,(H,19,22)(H,20,23)(H,21,24). The molecule has 0 saturated carbocycles. The molecular weight excluding hydrogens is 304 g/mol. The monoisotopic (exact) mass is 326 g/mol. The van der Waals surface area contributed by atoms with E-state index in [0.717, 1.165) is 5.69 Å². The van der Waals surface area contributed by atoms with E-state index in [-0.39, 0.29) is 17.4 Å². The minimum atomic E-state index is -0.312. The van der Waals surface area contributed by atoms with Crippen molar-refractivity contribution in [1.29, 1.82) is 0 Å². The highest BCUT2D eigenvalue weighted by Gasteiger charge is 2.13. The Morgan fingerprint density at radius 2 is 1.62 bits per heavy atom. The van der Waals surface area contributed by atoms with Crippen LogP contribution >= 0.6 is 0 Å². The molecule has 2 aromatic rings. The van der Waals surface area contributed by atoms with Crippen LogP contribution in [0.25, 0.3) is 0 Å². The molecule has 6 nitrogen and oxygen atoms in total. The average molecular weight is 326 g/mol. The Balaban J connectivity index is 2.12. The van der Waals surface area contributed by atoms with Crippen LogP contribution in [0.5, 0.6) is 0 Å². The molecule has 3 N–H and O–H groups in total. The molecule has 0 fully saturated rings. The zero-order chi connectivity index (χ0) is 17.7. The van der Waals surface area contributed by atoms with Gasteiger partial charge in [0.2, 0.25) is 5.91 Å². The minimum Gasteiger partial charge on any atom is -0.380 e. The van der Waals surface area contributed by atoms with Crippen molar-refractivity contribution in [2.75, 3.05) is 16.0 Å². The molecule has 1 heterocycles. The second-order valence-corrected chi connectivity index (χ2v) is 6.52. The number of rotatable bonds is 4. The molecule has 0 aliphatic carbocycles. The van der Waals surface area contributed by atoms with Crippen molar-refractivity contribution >= 4 is 28.9 Å². The van der Waals surface area contributed by atoms with Crippen LogP contribution in [0.2, 0.25) is 0 Å². The highest BCUT2D eigenvalue weighted by molar-refractivity contribution is 6.03. The highest BCUT2D eigenvalue weighted by atomic mass is 16.2. The van der Waals surface area contributed by atoms with Gasteiger partial charge in [-0.3, -0.25) is 14.6 Å². The summed E-state index contributed by atoms with van der Waals surface area (Å²) in [6.45, 7) is 7.56. The molecule has 126 valence electrons. The first kappa shape index (κ1) is 17.5. The first-order chi connectivity index (χ1) is 11.2. The van der Waals surface area contributed by atoms with E-state index in [1.165, 1.54) is 6.92 Å². The Hall–Kier alpha value is -2.89. The lowest BCUT2D eigenvalue weighted by atomic mass is 10.1. The zero-order valence-corrected chi connectivity index (χ0v) is 14.3. The molecule has 2 rings (SSSR count). The summed E-state index contributed by atoms with van der Waals surface area (Å²) < 4.78 is 0. The number of amides is 2. The number of carbonyl (C=O) groups excluding carboxylic acids is 2. The van der Waals surface area contributed by atoms with Gasteiger partial charge in [-0.15, -0.1) is 0 Å². The molecule has 0 aliphatic rings. The molecule has 0 radical (unpaired) electrons. The van der Waals surface area contributed by atoms with Gasteiger partial charge in [-0.05, 0) is 51.1 Å². The van der Waals surface area contributed by atoms with Crippen LogP contribution in [0.1, 0.15) is 38.2 Å². The number of nitrogens with zero attached hydrogens (tertiary/aromatic N) is 1. The summed E-state index contributed by atoms with van der Waals surface area (Å²) in [6.07, 6.45) is 1.59. The van der Waals surface area contributed by atoms with Gasteiger partial charge < -0.3 is 16.0 Å². The summed E-state index contributed by atoms with van der Waals surface area (Å²) in [5.41, 5.74) is 2.24. The van der Waals surface area contributed by atoms with Crippen molar-refractivity contribution in [3.63, 3.8) is 0 Å². The lowest BCUT2D eigenvalue weighted by molar-refractivity contribution is -0.114. The molecule has 0 aliphatic heterocycles. The van der Waals surface area contributed by atoms with Gasteiger partial charge in [-0.2, -0.15) is 0 Å². The molecule has 2 amide bonds. The molecule has 0 atom stereocenters. The Morgan fingerprint density at radius 1 is 0.958 bits per heavy atom. The summed E-state index contributed by atoms with van der Waals surface area (Å²) in [5, 5.41) is 8.76. The van der Waals surface area contributed by atoms with E-state index in [4.69, 9.17) is 0 Å². The maximum Gasteiger partial charge on any atom is 0.274 e. The number of hydrogen-bond donors (Lipinski definition) is 3. The first-order valence-corrected chi connectivity index (χ1v) is 7.66. The molecule has 1 aromatic heterocycles. The summed E-state index contributed by atoms with van der Waals surface area (Å²) in [7, 11) is 0. The Bertz CT molecular complexity index is 751. The molecule has 0 bridgehead atoms. The molecule has 24 heavy (non-hydrogen) atoms. The summed E-state index contributed by atoms with van der Waals surface area (Å²) in [6, 6.07) is 10.5. The second kappa shape index (κ2) is 7.12. The molecule has 1 aromatic carbocycles. The van der Waals surface area contributed by atoms with Gasteiger partial charge in [-0.1, -0.05) is 6.07 Å². The summed E-state index contributed by atoms with van der Waals surface area (Å²) in [5.74, 6) is -0.478. The van der Waals surface area contributed by atoms with Crippen molar-refractivity contribution in [3.05, 3.63) is 48.3 Å². The molecule has 0 unspecified atom stereocenters. The number of benzene rings is 1. The zero-order valence-electron chi connectivity index (χ0n) is 14.3. The molecule has 6 heteroatoms. The van der Waals surface area contributed by atoms with E-state index in [9.17, 15) is 9.59 Å². The van der Waals surface area contributed by atoms with Gasteiger partial charge in [0.05, 0.1) is 0 Å². The lowest BCUT2D eigenvalue weighted by Gasteiger charge is -2.22. The fourth-order valence-electron chi connectivity index (χ4n) is 2.14. The fourth-order valence-corrected chi connectivity index (χ4v) is 2.14. The third-order valence-corrected chi connectivity index (χ3v) is 2.95. The van der Waals surface area contributed by atoms with E-state index in [2.05, 4.69) is 20.9 Å². The number of anilines is 3. The van der Waals surface area contributed by atoms with Gasteiger partial charge in [0.25, 0.3) is 5.91 Å². The van der Waals surface area contributed by atoms with E-state index in [0.29, 0.717) is 17.1 Å². The Labute approximate surface area is 141 Å². The van der Waals surface area contributed by atoms with Crippen molar-refractivity contribution < 1.29 is 9.59 Å². The van der Waals surface area contributed by atoms with Crippen LogP contribution in [0.15, 0.2) is 42.6 Å². The molecule has 0 saturated heterocycles. The van der Waals surface area contributed by atoms with Gasteiger partial charge in [-0.25, -0.2) is 0 Å². The van der Waals surface area contributed by atoms with E-state index in [1.807, 2.05) is 26.8 Å². The summed E-state index contributed by atoms with van der Waals surface area (Å²) >= 11 is 0. The number of hydrogen-bond acceptors (Lipinski definition) is 4. The predicted octanol–water partition coefficient (Wildman–Crippen LogP) is 3.50. The van der Waals surface area contributed by atoms with Crippen LogP contribution in [-0.2, 0) is 4.79 Å². The van der Waals surface area contributed by atoms with Gasteiger partial charge in [0, 0.05) is 35.7 Å². The topological polar surface area (TPSA) is 83.1 Å². The Kier molecular flexibility index (Phi) is 5.18. The normalized spacial score (nSPS) is 10.8.